The zero-order valence-electron chi connectivity index (χ0n) is 44.2. The van der Waals surface area contributed by atoms with Gasteiger partial charge in [0, 0.05) is 45.1 Å². The van der Waals surface area contributed by atoms with Crippen molar-refractivity contribution in [3.05, 3.63) is 264 Å². The SMILES string of the molecule is C/C=C\C=C/C.CC.CC.CC.CC1=C(N(c2ccc(C)cc2)c2ccc3ccccc3c2)C=CC(c2ccc3c(c2)c2ccccc2n3-c2ccc(C3NC(c4ccccc4)=C4C=CC=CC4N3)cc2)C1. The Hall–Kier alpha value is -7.66. The minimum atomic E-state index is -0.0296. The number of rotatable bonds is 8. The van der Waals surface area contributed by atoms with E-state index in [0.29, 0.717) is 0 Å². The lowest BCUT2D eigenvalue weighted by Gasteiger charge is -2.36. The number of aryl methyl sites for hydroxylation is 1. The van der Waals surface area contributed by atoms with E-state index in [1.165, 1.54) is 88.7 Å². The predicted octanol–water partition coefficient (Wildman–Crippen LogP) is 18.7. The summed E-state index contributed by atoms with van der Waals surface area (Å²) in [4.78, 5) is 2.43. The Kier molecular flexibility index (Phi) is 18.4. The van der Waals surface area contributed by atoms with Crippen molar-refractivity contribution in [3.63, 3.8) is 0 Å². The monoisotopic (exact) mass is 947 g/mol. The van der Waals surface area contributed by atoms with Gasteiger partial charge in [-0.3, -0.25) is 5.32 Å². The van der Waals surface area contributed by atoms with Gasteiger partial charge in [-0.15, -0.1) is 0 Å². The van der Waals surface area contributed by atoms with Gasteiger partial charge >= 0.3 is 0 Å². The van der Waals surface area contributed by atoms with Gasteiger partial charge in [-0.2, -0.15) is 0 Å². The molecule has 3 aliphatic rings. The molecule has 3 unspecified atom stereocenters. The minimum Gasteiger partial charge on any atom is -0.365 e. The first-order chi connectivity index (χ1) is 35.5. The zero-order valence-corrected chi connectivity index (χ0v) is 44.2. The van der Waals surface area contributed by atoms with Crippen LogP contribution in [0.1, 0.15) is 103 Å². The van der Waals surface area contributed by atoms with E-state index in [2.05, 4.69) is 234 Å². The summed E-state index contributed by atoms with van der Waals surface area (Å²) in [6, 6.07) is 60.2. The third-order valence-electron chi connectivity index (χ3n) is 13.1. The van der Waals surface area contributed by atoms with Gasteiger partial charge in [0.1, 0.15) is 6.17 Å². The van der Waals surface area contributed by atoms with Crippen LogP contribution in [-0.2, 0) is 0 Å². The number of anilines is 2. The molecule has 0 saturated carbocycles. The molecule has 2 N–H and O–H groups in total. The van der Waals surface area contributed by atoms with Crippen LogP contribution in [0.2, 0.25) is 0 Å². The van der Waals surface area contributed by atoms with Crippen molar-refractivity contribution in [1.29, 1.82) is 0 Å². The normalized spacial score (nSPS) is 16.8. The second-order valence-electron chi connectivity index (χ2n) is 17.5. The van der Waals surface area contributed by atoms with Crippen molar-refractivity contribution in [2.45, 2.75) is 93.8 Å². The Morgan fingerprint density at radius 1 is 0.556 bits per heavy atom. The van der Waals surface area contributed by atoms with Gasteiger partial charge in [0.2, 0.25) is 0 Å². The molecule has 8 aromatic rings. The average molecular weight is 947 g/mol. The van der Waals surface area contributed by atoms with Crippen LogP contribution in [0, 0.1) is 6.92 Å². The number of benzene rings is 7. The number of hydrogen-bond acceptors (Lipinski definition) is 3. The maximum absolute atomic E-state index is 3.84. The second-order valence-corrected chi connectivity index (χ2v) is 17.5. The average Bonchev–Trinajstić information content (AvgIpc) is 3.79. The van der Waals surface area contributed by atoms with Crippen molar-refractivity contribution in [2.24, 2.45) is 0 Å². The summed E-state index contributed by atoms with van der Waals surface area (Å²) < 4.78 is 2.42. The summed E-state index contributed by atoms with van der Waals surface area (Å²) in [5.41, 5.74) is 16.0. The highest BCUT2D eigenvalue weighted by Crippen LogP contribution is 2.41. The molecule has 11 rings (SSSR count). The Labute approximate surface area is 430 Å². The number of para-hydroxylation sites is 1. The Morgan fingerprint density at radius 3 is 1.90 bits per heavy atom. The van der Waals surface area contributed by atoms with Crippen molar-refractivity contribution >= 4 is 49.7 Å². The number of hydrogen-bond donors (Lipinski definition) is 2. The van der Waals surface area contributed by atoms with Crippen LogP contribution in [0.3, 0.4) is 0 Å². The Bertz CT molecular complexity index is 3250. The molecule has 1 aromatic heterocycles. The number of aromatic nitrogens is 1. The molecule has 2 heterocycles. The molecule has 7 aromatic carbocycles. The molecule has 1 aliphatic heterocycles. The first-order valence-electron chi connectivity index (χ1n) is 26.3. The summed E-state index contributed by atoms with van der Waals surface area (Å²) in [6.45, 7) is 20.5. The van der Waals surface area contributed by atoms with Gasteiger partial charge in [0.25, 0.3) is 0 Å². The van der Waals surface area contributed by atoms with Crippen molar-refractivity contribution < 1.29 is 0 Å². The Balaban J connectivity index is 0.000000580. The highest BCUT2D eigenvalue weighted by molar-refractivity contribution is 6.09. The fourth-order valence-corrected chi connectivity index (χ4v) is 9.73. The summed E-state index contributed by atoms with van der Waals surface area (Å²) in [7, 11) is 0. The molecular formula is C68H74N4. The number of allylic oxidation sites excluding steroid dienone is 9. The molecule has 0 saturated heterocycles. The maximum atomic E-state index is 3.84. The van der Waals surface area contributed by atoms with E-state index >= 15 is 0 Å². The molecule has 72 heavy (non-hydrogen) atoms. The zero-order chi connectivity index (χ0) is 51.0. The van der Waals surface area contributed by atoms with E-state index in [1.54, 1.807) is 0 Å². The first kappa shape index (κ1) is 52.2. The van der Waals surface area contributed by atoms with Crippen LogP contribution in [0.25, 0.3) is 44.0 Å². The molecule has 0 spiro atoms. The Morgan fingerprint density at radius 2 is 1.19 bits per heavy atom. The number of fused-ring (bicyclic) bond motifs is 5. The standard InChI is InChI=1S/C56H46N4.C6H10.3C2H6/c1-37-20-27-45(28-21-37)59(47-31-22-39-12-6-7-15-42(39)35-47)52-32-25-43(34-38(52)2)44-26-33-54-50(36-44)48-16-9-11-19-53(48)60(54)46-29-23-41(24-30-46)56-57-51-18-10-8-17-49(51)55(58-56)40-13-4-3-5-14-40;1-3-5-6-4-2;3*1-2/h3-33,35-36,43,51,56-58H,34H2,1-2H3;3-6H,1-2H3;3*1-2H3/b;5-3-,6-4-;;;. The molecule has 4 heteroatoms. The van der Waals surface area contributed by atoms with Crippen molar-refractivity contribution in [1.82, 2.24) is 15.2 Å². The van der Waals surface area contributed by atoms with Gasteiger partial charge in [-0.1, -0.05) is 211 Å². The molecule has 4 nitrogen and oxygen atoms in total. The van der Waals surface area contributed by atoms with E-state index in [1.807, 2.05) is 79.7 Å². The molecule has 0 radical (unpaired) electrons. The second kappa shape index (κ2) is 25.5. The molecule has 3 atom stereocenters. The number of nitrogens with one attached hydrogen (secondary N) is 2. The third kappa shape index (κ3) is 11.4. The van der Waals surface area contributed by atoms with Crippen LogP contribution in [-0.4, -0.2) is 10.6 Å². The van der Waals surface area contributed by atoms with Crippen LogP contribution < -0.4 is 15.5 Å². The van der Waals surface area contributed by atoms with Gasteiger partial charge in [0.05, 0.1) is 17.1 Å². The topological polar surface area (TPSA) is 32.2 Å². The van der Waals surface area contributed by atoms with E-state index < -0.39 is 0 Å². The van der Waals surface area contributed by atoms with Gasteiger partial charge in [-0.05, 0) is 133 Å². The van der Waals surface area contributed by atoms with E-state index in [0.717, 1.165) is 12.1 Å². The van der Waals surface area contributed by atoms with Crippen molar-refractivity contribution in [2.75, 3.05) is 4.90 Å². The van der Waals surface area contributed by atoms with E-state index in [-0.39, 0.29) is 18.1 Å². The maximum Gasteiger partial charge on any atom is 0.104 e. The summed E-state index contributed by atoms with van der Waals surface area (Å²) in [5.74, 6) is 0.274. The lowest BCUT2D eigenvalue weighted by molar-refractivity contribution is 0.460. The van der Waals surface area contributed by atoms with Crippen LogP contribution in [0.5, 0.6) is 0 Å². The van der Waals surface area contributed by atoms with Gasteiger partial charge < -0.3 is 14.8 Å². The number of nitrogens with zero attached hydrogens (tertiary/aromatic N) is 2. The smallest absolute Gasteiger partial charge is 0.104 e. The fourth-order valence-electron chi connectivity index (χ4n) is 9.73. The predicted molar refractivity (Wildman–Crippen MR) is 315 cm³/mol. The van der Waals surface area contributed by atoms with Crippen molar-refractivity contribution in [3.8, 4) is 5.69 Å². The lowest BCUT2D eigenvalue weighted by Crippen LogP contribution is -2.45. The molecule has 366 valence electrons. The molecule has 0 bridgehead atoms. The highest BCUT2D eigenvalue weighted by Gasteiger charge is 2.28. The van der Waals surface area contributed by atoms with Crippen LogP contribution in [0.15, 0.2) is 241 Å². The summed E-state index contributed by atoms with van der Waals surface area (Å²) in [5, 5.41) is 12.7. The quantitative estimate of drug-likeness (QED) is 0.149. The summed E-state index contributed by atoms with van der Waals surface area (Å²) in [6.07, 6.45) is 22.4. The van der Waals surface area contributed by atoms with Gasteiger partial charge in [-0.25, -0.2) is 0 Å². The highest BCUT2D eigenvalue weighted by atomic mass is 15.2. The van der Waals surface area contributed by atoms with Crippen LogP contribution >= 0.6 is 0 Å². The minimum absolute atomic E-state index is 0.0296. The largest absolute Gasteiger partial charge is 0.365 e. The lowest BCUT2D eigenvalue weighted by atomic mass is 9.86. The van der Waals surface area contributed by atoms with E-state index in [4.69, 9.17) is 0 Å². The van der Waals surface area contributed by atoms with Gasteiger partial charge in [0.15, 0.2) is 0 Å². The molecular weight excluding hydrogens is 873 g/mol. The third-order valence-corrected chi connectivity index (χ3v) is 13.1. The first-order valence-corrected chi connectivity index (χ1v) is 26.3. The molecule has 0 amide bonds. The van der Waals surface area contributed by atoms with Crippen LogP contribution in [0.4, 0.5) is 11.4 Å². The molecule has 0 fully saturated rings. The summed E-state index contributed by atoms with van der Waals surface area (Å²) >= 11 is 0. The van der Waals surface area contributed by atoms with E-state index in [9.17, 15) is 0 Å². The molecule has 2 aliphatic carbocycles. The fraction of sp³-hybridized carbons (Fsp3) is 0.206.